The van der Waals surface area contributed by atoms with Gasteiger partial charge in [0.15, 0.2) is 0 Å². The largest absolute Gasteiger partial charge is 0.497 e. The van der Waals surface area contributed by atoms with Crippen molar-refractivity contribution in [3.05, 3.63) is 94.5 Å². The lowest BCUT2D eigenvalue weighted by molar-refractivity contribution is 0.0935. The number of amides is 1. The molecule has 1 N–H and O–H groups in total. The van der Waals surface area contributed by atoms with Crippen LogP contribution in [0.5, 0.6) is 11.5 Å². The number of halogens is 1. The highest BCUT2D eigenvalue weighted by Crippen LogP contribution is 2.25. The van der Waals surface area contributed by atoms with E-state index in [4.69, 9.17) is 21.1 Å². The topological polar surface area (TPSA) is 47.6 Å². The van der Waals surface area contributed by atoms with Gasteiger partial charge in [0.1, 0.15) is 18.1 Å². The van der Waals surface area contributed by atoms with Gasteiger partial charge in [-0.15, -0.1) is 0 Å². The van der Waals surface area contributed by atoms with E-state index < -0.39 is 0 Å². The van der Waals surface area contributed by atoms with Gasteiger partial charge >= 0.3 is 0 Å². The number of nitrogens with one attached hydrogen (secondary N) is 1. The summed E-state index contributed by atoms with van der Waals surface area (Å²) in [6, 6.07) is 22.3. The van der Waals surface area contributed by atoms with Gasteiger partial charge in [-0.2, -0.15) is 0 Å². The number of hydrogen-bond donors (Lipinski definition) is 1. The van der Waals surface area contributed by atoms with Crippen molar-refractivity contribution in [1.82, 2.24) is 5.32 Å². The summed E-state index contributed by atoms with van der Waals surface area (Å²) in [6.45, 7) is 2.30. The predicted octanol–water partition coefficient (Wildman–Crippen LogP) is 5.42. The van der Waals surface area contributed by atoms with Gasteiger partial charge in [0.05, 0.1) is 18.7 Å². The Kier molecular flexibility index (Phi) is 6.56. The standard InChI is InChI=1S/C23H22ClNO3/c1-16(18-8-11-20(27-2)12-9-18)25-23(26)21-14-19(24)10-13-22(21)28-15-17-6-4-3-5-7-17/h3-14,16H,15H2,1-2H3,(H,25,26)/t16-/m1/s1. The third-order valence-electron chi connectivity index (χ3n) is 4.39. The van der Waals surface area contributed by atoms with Crippen molar-refractivity contribution in [1.29, 1.82) is 0 Å². The lowest BCUT2D eigenvalue weighted by Crippen LogP contribution is -2.27. The average Bonchev–Trinajstić information content (AvgIpc) is 2.73. The zero-order valence-corrected chi connectivity index (χ0v) is 16.6. The second-order valence-electron chi connectivity index (χ2n) is 6.38. The van der Waals surface area contributed by atoms with Crippen LogP contribution in [-0.4, -0.2) is 13.0 Å². The second kappa shape index (κ2) is 9.29. The van der Waals surface area contributed by atoms with Crippen LogP contribution in [0.25, 0.3) is 0 Å². The van der Waals surface area contributed by atoms with Crippen LogP contribution < -0.4 is 14.8 Å². The Morgan fingerprint density at radius 1 is 1.04 bits per heavy atom. The molecule has 0 radical (unpaired) electrons. The van der Waals surface area contributed by atoms with Crippen LogP contribution in [0.4, 0.5) is 0 Å². The second-order valence-corrected chi connectivity index (χ2v) is 6.82. The van der Waals surface area contributed by atoms with Crippen molar-refractivity contribution in [2.75, 3.05) is 7.11 Å². The summed E-state index contributed by atoms with van der Waals surface area (Å²) in [5, 5.41) is 3.48. The maximum atomic E-state index is 12.9. The van der Waals surface area contributed by atoms with Gasteiger partial charge in [-0.25, -0.2) is 0 Å². The normalized spacial score (nSPS) is 11.5. The lowest BCUT2D eigenvalue weighted by atomic mass is 10.1. The zero-order valence-electron chi connectivity index (χ0n) is 15.8. The van der Waals surface area contributed by atoms with E-state index in [9.17, 15) is 4.79 Å². The monoisotopic (exact) mass is 395 g/mol. The first-order chi connectivity index (χ1) is 13.6. The van der Waals surface area contributed by atoms with Crippen molar-refractivity contribution in [3.63, 3.8) is 0 Å². The third-order valence-corrected chi connectivity index (χ3v) is 4.62. The highest BCUT2D eigenvalue weighted by Gasteiger charge is 2.17. The van der Waals surface area contributed by atoms with E-state index in [0.29, 0.717) is 22.9 Å². The summed E-state index contributed by atoms with van der Waals surface area (Å²) in [7, 11) is 1.62. The Balaban J connectivity index is 1.73. The van der Waals surface area contributed by atoms with Crippen molar-refractivity contribution in [3.8, 4) is 11.5 Å². The van der Waals surface area contributed by atoms with E-state index >= 15 is 0 Å². The molecule has 0 aliphatic rings. The van der Waals surface area contributed by atoms with E-state index in [-0.39, 0.29) is 11.9 Å². The molecule has 1 amide bonds. The molecule has 3 rings (SSSR count). The molecule has 0 spiro atoms. The Bertz CT molecular complexity index is 926. The van der Waals surface area contributed by atoms with Gasteiger partial charge in [0.2, 0.25) is 0 Å². The van der Waals surface area contributed by atoms with Gasteiger partial charge in [0, 0.05) is 5.02 Å². The molecule has 0 saturated carbocycles. The minimum absolute atomic E-state index is 0.181. The molecule has 28 heavy (non-hydrogen) atoms. The van der Waals surface area contributed by atoms with E-state index in [1.54, 1.807) is 25.3 Å². The molecule has 3 aromatic rings. The molecular formula is C23H22ClNO3. The fraction of sp³-hybridized carbons (Fsp3) is 0.174. The Morgan fingerprint density at radius 3 is 2.43 bits per heavy atom. The number of rotatable bonds is 7. The predicted molar refractivity (Wildman–Crippen MR) is 111 cm³/mol. The van der Waals surface area contributed by atoms with E-state index in [1.807, 2.05) is 61.5 Å². The number of carbonyl (C=O) groups excluding carboxylic acids is 1. The molecule has 0 heterocycles. The maximum Gasteiger partial charge on any atom is 0.255 e. The molecule has 0 unspecified atom stereocenters. The van der Waals surface area contributed by atoms with Gasteiger partial charge in [-0.1, -0.05) is 54.1 Å². The van der Waals surface area contributed by atoms with Crippen LogP contribution in [0.15, 0.2) is 72.8 Å². The SMILES string of the molecule is COc1ccc([C@@H](C)NC(=O)c2cc(Cl)ccc2OCc2ccccc2)cc1. The summed E-state index contributed by atoms with van der Waals surface area (Å²) in [5.74, 6) is 1.02. The van der Waals surface area contributed by atoms with Gasteiger partial charge in [0.25, 0.3) is 5.91 Å². The fourth-order valence-corrected chi connectivity index (χ4v) is 2.96. The molecule has 0 aliphatic carbocycles. The molecule has 4 nitrogen and oxygen atoms in total. The van der Waals surface area contributed by atoms with Gasteiger partial charge in [-0.05, 0) is 48.4 Å². The van der Waals surface area contributed by atoms with E-state index in [0.717, 1.165) is 16.9 Å². The summed E-state index contributed by atoms with van der Waals surface area (Å²) in [6.07, 6.45) is 0. The van der Waals surface area contributed by atoms with E-state index in [2.05, 4.69) is 5.32 Å². The molecule has 0 fully saturated rings. The smallest absolute Gasteiger partial charge is 0.255 e. The molecule has 0 bridgehead atoms. The minimum atomic E-state index is -0.242. The average molecular weight is 396 g/mol. The molecular weight excluding hydrogens is 374 g/mol. The first kappa shape index (κ1) is 19.8. The minimum Gasteiger partial charge on any atom is -0.497 e. The number of methoxy groups -OCH3 is 1. The molecule has 0 aromatic heterocycles. The highest BCUT2D eigenvalue weighted by atomic mass is 35.5. The van der Waals surface area contributed by atoms with Crippen molar-refractivity contribution in [2.45, 2.75) is 19.6 Å². The fourth-order valence-electron chi connectivity index (χ4n) is 2.79. The van der Waals surface area contributed by atoms with Crippen LogP contribution in [0, 0.1) is 0 Å². The van der Waals surface area contributed by atoms with E-state index in [1.165, 1.54) is 0 Å². The van der Waals surface area contributed by atoms with Crippen LogP contribution in [0.2, 0.25) is 5.02 Å². The maximum absolute atomic E-state index is 12.9. The van der Waals surface area contributed by atoms with Gasteiger partial charge < -0.3 is 14.8 Å². The Labute approximate surface area is 170 Å². The van der Waals surface area contributed by atoms with Crippen LogP contribution in [-0.2, 0) is 6.61 Å². The third kappa shape index (κ3) is 5.05. The van der Waals surface area contributed by atoms with Crippen molar-refractivity contribution >= 4 is 17.5 Å². The number of hydrogen-bond acceptors (Lipinski definition) is 3. The Morgan fingerprint density at radius 2 is 1.75 bits per heavy atom. The molecule has 3 aromatic carbocycles. The van der Waals surface area contributed by atoms with Crippen LogP contribution >= 0.6 is 11.6 Å². The first-order valence-electron chi connectivity index (χ1n) is 8.98. The van der Waals surface area contributed by atoms with Gasteiger partial charge in [-0.3, -0.25) is 4.79 Å². The quantitative estimate of drug-likeness (QED) is 0.581. The number of ether oxygens (including phenoxy) is 2. The lowest BCUT2D eigenvalue weighted by Gasteiger charge is -2.17. The van der Waals surface area contributed by atoms with Crippen molar-refractivity contribution in [2.24, 2.45) is 0 Å². The van der Waals surface area contributed by atoms with Crippen LogP contribution in [0.3, 0.4) is 0 Å². The molecule has 0 aliphatic heterocycles. The molecule has 5 heteroatoms. The molecule has 0 saturated heterocycles. The molecule has 1 atom stereocenters. The summed E-state index contributed by atoms with van der Waals surface area (Å²) in [5.41, 5.74) is 2.40. The summed E-state index contributed by atoms with van der Waals surface area (Å²) in [4.78, 5) is 12.9. The van der Waals surface area contributed by atoms with Crippen molar-refractivity contribution < 1.29 is 14.3 Å². The highest BCUT2D eigenvalue weighted by molar-refractivity contribution is 6.31. The van der Waals surface area contributed by atoms with Crippen LogP contribution in [0.1, 0.15) is 34.5 Å². The summed E-state index contributed by atoms with van der Waals surface area (Å²) >= 11 is 6.12. The Hall–Kier alpha value is -2.98. The zero-order chi connectivity index (χ0) is 19.9. The summed E-state index contributed by atoms with van der Waals surface area (Å²) < 4.78 is 11.1. The number of carbonyl (C=O) groups is 1. The number of benzene rings is 3. The molecule has 144 valence electrons. The first-order valence-corrected chi connectivity index (χ1v) is 9.35.